The lowest BCUT2D eigenvalue weighted by molar-refractivity contribution is -0.222. The maximum absolute atomic E-state index is 11.5. The Balaban J connectivity index is 1.83. The van der Waals surface area contributed by atoms with Crippen molar-refractivity contribution >= 4 is 64.0 Å². The summed E-state index contributed by atoms with van der Waals surface area (Å²) < 4.78 is 7.81. The van der Waals surface area contributed by atoms with E-state index in [9.17, 15) is 24.9 Å². The summed E-state index contributed by atoms with van der Waals surface area (Å²) in [5.74, 6) is -2.10. The number of carbonyl (C=O) groups is 2. The van der Waals surface area contributed by atoms with Gasteiger partial charge >= 0.3 is 0 Å². The highest BCUT2D eigenvalue weighted by atomic mass is 127. The number of hydrogen-bond acceptors (Lipinski definition) is 10. The van der Waals surface area contributed by atoms with Crippen LogP contribution in [0.3, 0.4) is 0 Å². The van der Waals surface area contributed by atoms with Gasteiger partial charge in [0.1, 0.15) is 18.5 Å². The number of halogens is 2. The Labute approximate surface area is 210 Å². The van der Waals surface area contributed by atoms with Gasteiger partial charge in [-0.1, -0.05) is 12.1 Å². The third-order valence-electron chi connectivity index (χ3n) is 5.39. The van der Waals surface area contributed by atoms with E-state index in [0.717, 1.165) is 20.0 Å². The first-order valence-corrected chi connectivity index (χ1v) is 11.3. The van der Waals surface area contributed by atoms with E-state index in [1.165, 1.54) is 0 Å². The van der Waals surface area contributed by atoms with Crippen LogP contribution in [0.2, 0.25) is 5.28 Å². The molecule has 0 saturated carbocycles. The van der Waals surface area contributed by atoms with Crippen LogP contribution in [-0.2, 0) is 26.7 Å². The Hall–Kier alpha value is -2.63. The quantitative estimate of drug-likeness (QED) is 0.0787. The Kier molecular flexibility index (Phi) is 6.88. The second kappa shape index (κ2) is 9.55. The average Bonchev–Trinajstić information content (AvgIpc) is 3.31. The number of aliphatic hydroxyl groups is 3. The molecule has 1 saturated heterocycles. The maximum Gasteiger partial charge on any atom is 0.280 e. The number of anilines is 1. The first kappa shape index (κ1) is 24.5. The summed E-state index contributed by atoms with van der Waals surface area (Å²) in [6.07, 6.45) is -1.77. The van der Waals surface area contributed by atoms with Gasteiger partial charge in [0.15, 0.2) is 17.0 Å². The fraction of sp³-hybridized carbons (Fsp3) is 0.316. The van der Waals surface area contributed by atoms with E-state index in [1.807, 2.05) is 24.3 Å². The number of nitrogens with zero attached hydrogens (tertiary/aromatic N) is 4. The monoisotopic (exact) mass is 603 g/mol. The Morgan fingerprint density at radius 2 is 2.03 bits per heavy atom. The van der Waals surface area contributed by atoms with Crippen molar-refractivity contribution in [1.29, 1.82) is 0 Å². The number of aliphatic hydroxyl groups excluding tert-OH is 2. The van der Waals surface area contributed by atoms with Crippen molar-refractivity contribution in [3.63, 3.8) is 0 Å². The SMILES string of the molecule is O=CN[C@@]1(O)[C@H](O)[C@@H](CO)O[C@@]1(NC=O)n1cnc2c(NCc3cccc(I)c3)nc(Cl)nc21. The molecule has 0 spiro atoms. The molecule has 0 aliphatic carbocycles. The third kappa shape index (κ3) is 3.95. The molecule has 0 unspecified atom stereocenters. The van der Waals surface area contributed by atoms with Crippen molar-refractivity contribution in [2.75, 3.05) is 11.9 Å². The molecule has 3 aromatic rings. The van der Waals surface area contributed by atoms with Crippen LogP contribution in [0.15, 0.2) is 30.6 Å². The van der Waals surface area contributed by atoms with Gasteiger partial charge < -0.3 is 36.0 Å². The molecule has 3 heterocycles. The first-order chi connectivity index (χ1) is 16.3. The van der Waals surface area contributed by atoms with Crippen LogP contribution in [-0.4, -0.2) is 72.2 Å². The largest absolute Gasteiger partial charge is 0.394 e. The second-order valence-electron chi connectivity index (χ2n) is 7.33. The predicted molar refractivity (Wildman–Crippen MR) is 126 cm³/mol. The minimum atomic E-state index is -2.62. The van der Waals surface area contributed by atoms with Gasteiger partial charge in [0.25, 0.3) is 5.85 Å². The molecule has 6 N–H and O–H groups in total. The van der Waals surface area contributed by atoms with Crippen LogP contribution < -0.4 is 16.0 Å². The van der Waals surface area contributed by atoms with E-state index in [2.05, 4.69) is 53.5 Å². The highest BCUT2D eigenvalue weighted by molar-refractivity contribution is 14.1. The Bertz CT molecular complexity index is 1230. The van der Waals surface area contributed by atoms with E-state index >= 15 is 0 Å². The zero-order chi connectivity index (χ0) is 24.5. The lowest BCUT2D eigenvalue weighted by Crippen LogP contribution is -2.71. The van der Waals surface area contributed by atoms with E-state index < -0.39 is 30.4 Å². The highest BCUT2D eigenvalue weighted by Gasteiger charge is 2.68. The minimum absolute atomic E-state index is 0.00333. The molecule has 1 aromatic carbocycles. The van der Waals surface area contributed by atoms with Crippen molar-refractivity contribution in [1.82, 2.24) is 30.2 Å². The molecule has 15 heteroatoms. The number of rotatable bonds is 9. The highest BCUT2D eigenvalue weighted by Crippen LogP contribution is 2.41. The number of benzene rings is 1. The van der Waals surface area contributed by atoms with Gasteiger partial charge in [0.05, 0.1) is 6.61 Å². The first-order valence-electron chi connectivity index (χ1n) is 9.80. The average molecular weight is 604 g/mol. The molecule has 1 aliphatic heterocycles. The topological polar surface area (TPSA) is 184 Å². The number of carbonyl (C=O) groups excluding carboxylic acids is 2. The van der Waals surface area contributed by atoms with Gasteiger partial charge in [-0.25, -0.2) is 4.98 Å². The zero-order valence-corrected chi connectivity index (χ0v) is 20.1. The normalized spacial score (nSPS) is 26.4. The van der Waals surface area contributed by atoms with Crippen molar-refractivity contribution in [2.24, 2.45) is 0 Å². The fourth-order valence-electron chi connectivity index (χ4n) is 3.85. The summed E-state index contributed by atoms with van der Waals surface area (Å²) in [5.41, 5.74) is -1.47. The summed E-state index contributed by atoms with van der Waals surface area (Å²) in [6, 6.07) is 7.76. The number of ether oxygens (including phenoxy) is 1. The van der Waals surface area contributed by atoms with E-state index in [0.29, 0.717) is 6.54 Å². The molecule has 13 nitrogen and oxygen atoms in total. The molecular formula is C19H19ClIN7O6. The van der Waals surface area contributed by atoms with Gasteiger partial charge in [-0.3, -0.25) is 14.2 Å². The van der Waals surface area contributed by atoms with Gasteiger partial charge in [-0.05, 0) is 51.9 Å². The minimum Gasteiger partial charge on any atom is -0.394 e. The van der Waals surface area contributed by atoms with Gasteiger partial charge in [0.2, 0.25) is 23.8 Å². The Morgan fingerprint density at radius 1 is 1.26 bits per heavy atom. The predicted octanol–water partition coefficient (Wildman–Crippen LogP) is -0.761. The van der Waals surface area contributed by atoms with E-state index in [-0.39, 0.29) is 35.1 Å². The molecule has 2 amide bonds. The van der Waals surface area contributed by atoms with Crippen molar-refractivity contribution in [3.8, 4) is 0 Å². The molecule has 180 valence electrons. The smallest absolute Gasteiger partial charge is 0.280 e. The standard InChI is InChI=1S/C19H19ClIN7O6/c20-17-26-15(22-5-10-2-1-3-11(21)4-10)13-16(27-17)28(7-23-13)19(25-9-31)18(33,24-8-30)14(32)12(6-29)34-19/h1-4,7-9,12,14,29,32-33H,5-6H2,(H,24,30)(H,25,31)(H,22,26,27)/t12-,14-,18-,19+/m1/s1. The van der Waals surface area contributed by atoms with Crippen LogP contribution in [0.25, 0.3) is 11.2 Å². The van der Waals surface area contributed by atoms with Gasteiger partial charge in [0, 0.05) is 10.1 Å². The number of fused-ring (bicyclic) bond motifs is 1. The van der Waals surface area contributed by atoms with Gasteiger partial charge in [-0.15, -0.1) is 0 Å². The van der Waals surface area contributed by atoms with Crippen LogP contribution in [0.1, 0.15) is 5.56 Å². The van der Waals surface area contributed by atoms with Gasteiger partial charge in [-0.2, -0.15) is 9.97 Å². The Morgan fingerprint density at radius 3 is 2.71 bits per heavy atom. The van der Waals surface area contributed by atoms with Crippen LogP contribution >= 0.6 is 34.2 Å². The van der Waals surface area contributed by atoms with Crippen molar-refractivity contribution in [3.05, 3.63) is 45.0 Å². The number of nitrogens with one attached hydrogen (secondary N) is 3. The molecule has 0 radical (unpaired) electrons. The zero-order valence-electron chi connectivity index (χ0n) is 17.2. The second-order valence-corrected chi connectivity index (χ2v) is 8.91. The molecule has 1 fully saturated rings. The third-order valence-corrected chi connectivity index (χ3v) is 6.23. The number of amides is 2. The maximum atomic E-state index is 11.5. The number of hydrogen-bond donors (Lipinski definition) is 6. The molecule has 1 aliphatic rings. The summed E-state index contributed by atoms with van der Waals surface area (Å²) in [4.78, 5) is 35.4. The number of aromatic nitrogens is 4. The number of imidazole rings is 1. The van der Waals surface area contributed by atoms with Crippen LogP contribution in [0, 0.1) is 3.57 Å². The molecule has 4 rings (SSSR count). The molecule has 2 aromatic heterocycles. The molecular weight excluding hydrogens is 585 g/mol. The van der Waals surface area contributed by atoms with Crippen LogP contribution in [0.4, 0.5) is 5.82 Å². The fourth-order valence-corrected chi connectivity index (χ4v) is 4.62. The van der Waals surface area contributed by atoms with Crippen LogP contribution in [0.5, 0.6) is 0 Å². The lowest BCUT2D eigenvalue weighted by atomic mass is 10.00. The van der Waals surface area contributed by atoms with Crippen molar-refractivity contribution in [2.45, 2.75) is 30.3 Å². The summed E-state index contributed by atoms with van der Waals surface area (Å²) in [6.45, 7) is -0.361. The molecule has 0 bridgehead atoms. The van der Waals surface area contributed by atoms with E-state index in [4.69, 9.17) is 16.3 Å². The van der Waals surface area contributed by atoms with E-state index in [1.54, 1.807) is 0 Å². The van der Waals surface area contributed by atoms with Crippen molar-refractivity contribution < 1.29 is 29.6 Å². The lowest BCUT2D eigenvalue weighted by Gasteiger charge is -2.40. The summed E-state index contributed by atoms with van der Waals surface area (Å²) in [5, 5.41) is 38.8. The molecule has 34 heavy (non-hydrogen) atoms. The molecule has 4 atom stereocenters. The summed E-state index contributed by atoms with van der Waals surface area (Å²) >= 11 is 8.34. The summed E-state index contributed by atoms with van der Waals surface area (Å²) in [7, 11) is 0.